The number of aromatic nitrogens is 2. The number of hydrogen-bond acceptors (Lipinski definition) is 2. The zero-order valence-electron chi connectivity index (χ0n) is 16.7. The fraction of sp³-hybridized carbons (Fsp3) is 0.385. The van der Waals surface area contributed by atoms with Crippen LogP contribution in [-0.4, -0.2) is 21.1 Å². The number of pyridine rings is 1. The van der Waals surface area contributed by atoms with E-state index < -0.39 is 0 Å². The van der Waals surface area contributed by atoms with E-state index in [9.17, 15) is 4.79 Å². The lowest BCUT2D eigenvalue weighted by Crippen LogP contribution is -2.52. The molecule has 0 atom stereocenters. The van der Waals surface area contributed by atoms with Crippen molar-refractivity contribution in [3.05, 3.63) is 66.4 Å². The van der Waals surface area contributed by atoms with Gasteiger partial charge in [0.2, 0.25) is 5.91 Å². The monoisotopic (exact) mass is 401 g/mol. The summed E-state index contributed by atoms with van der Waals surface area (Å²) in [4.78, 5) is 12.9. The smallest absolute Gasteiger partial charge is 0.244 e. The third kappa shape index (κ3) is 3.91. The van der Waals surface area contributed by atoms with E-state index >= 15 is 0 Å². The summed E-state index contributed by atoms with van der Waals surface area (Å²) in [7, 11) is 0. The maximum Gasteiger partial charge on any atom is 0.244 e. The van der Waals surface area contributed by atoms with Crippen LogP contribution in [0, 0.1) is 5.92 Å². The van der Waals surface area contributed by atoms with Gasteiger partial charge in [-0.3, -0.25) is 4.79 Å². The minimum atomic E-state index is 0. The minimum Gasteiger partial charge on any atom is -0.347 e. The van der Waals surface area contributed by atoms with E-state index in [1.165, 1.54) is 25.7 Å². The van der Waals surface area contributed by atoms with Gasteiger partial charge in [0.05, 0.1) is 5.52 Å². The van der Waals surface area contributed by atoms with Crippen molar-refractivity contribution < 1.29 is 4.79 Å². The lowest BCUT2D eigenvalue weighted by Gasteiger charge is -2.45. The molecule has 5 rings (SSSR count). The van der Waals surface area contributed by atoms with E-state index in [1.807, 2.05) is 53.2 Å². The molecule has 156 valence electrons. The van der Waals surface area contributed by atoms with Gasteiger partial charge in [0.1, 0.15) is 5.69 Å². The highest BCUT2D eigenvalue weighted by molar-refractivity contribution is 5.95. The number of nitrogens with zero attached hydrogens (tertiary/aromatic N) is 2. The number of fused-ring (bicyclic) bond motifs is 3. The number of nitrogens with one attached hydrogen (secondary N) is 1. The average Bonchev–Trinajstić information content (AvgIpc) is 3.11. The second-order valence-corrected chi connectivity index (χ2v) is 8.62. The summed E-state index contributed by atoms with van der Waals surface area (Å²) in [5.41, 5.74) is 3.96. The van der Waals surface area contributed by atoms with Gasteiger partial charge in [0, 0.05) is 28.9 Å². The molecule has 2 aliphatic carbocycles. The molecule has 30 heavy (non-hydrogen) atoms. The molecule has 4 nitrogen and oxygen atoms in total. The van der Waals surface area contributed by atoms with Gasteiger partial charge in [0.25, 0.3) is 0 Å². The zero-order chi connectivity index (χ0) is 19.7. The number of rotatable bonds is 4. The lowest BCUT2D eigenvalue weighted by atomic mass is 9.67. The van der Waals surface area contributed by atoms with E-state index in [0.29, 0.717) is 0 Å². The van der Waals surface area contributed by atoms with Crippen LogP contribution in [0.25, 0.3) is 22.9 Å². The number of benzene rings is 1. The minimum absolute atomic E-state index is 0. The third-order valence-electron chi connectivity index (χ3n) is 6.63. The van der Waals surface area contributed by atoms with Crippen LogP contribution in [0.1, 0.15) is 57.9 Å². The summed E-state index contributed by atoms with van der Waals surface area (Å²) in [6.07, 6.45) is 14.1. The Balaban J connectivity index is 0.00000218. The molecule has 2 saturated carbocycles. The molecule has 4 heteroatoms. The van der Waals surface area contributed by atoms with E-state index in [4.69, 9.17) is 5.10 Å². The number of hydrogen-bond donors (Lipinski definition) is 1. The SMILES string of the molecule is C.O=C(C=Cc1c(-c2ccccc2)nn2ccccc12)NC12CCCC(CCC1)C2. The largest absolute Gasteiger partial charge is 0.347 e. The summed E-state index contributed by atoms with van der Waals surface area (Å²) in [6.45, 7) is 0. The summed E-state index contributed by atoms with van der Waals surface area (Å²) in [5.74, 6) is 0.813. The topological polar surface area (TPSA) is 46.4 Å². The first kappa shape index (κ1) is 20.4. The van der Waals surface area contributed by atoms with Crippen LogP contribution in [0.5, 0.6) is 0 Å². The van der Waals surface area contributed by atoms with Gasteiger partial charge in [-0.15, -0.1) is 0 Å². The van der Waals surface area contributed by atoms with Crippen molar-refractivity contribution in [2.24, 2.45) is 5.92 Å². The Labute approximate surface area is 179 Å². The molecule has 2 bridgehead atoms. The average molecular weight is 402 g/mol. The molecule has 2 heterocycles. The molecule has 0 saturated heterocycles. The molecular formula is C26H31N3O. The molecule has 0 unspecified atom stereocenters. The van der Waals surface area contributed by atoms with Crippen molar-refractivity contribution in [1.82, 2.24) is 14.9 Å². The molecule has 1 amide bonds. The lowest BCUT2D eigenvalue weighted by molar-refractivity contribution is -0.119. The van der Waals surface area contributed by atoms with E-state index in [-0.39, 0.29) is 18.9 Å². The standard InChI is InChI=1S/C25H27N3O.CH4/c29-23(26-25-15-6-8-19(18-25)9-7-16-25)14-13-21-22-12-4-5-17-28(22)27-24(21)20-10-2-1-3-11-20;/h1-5,10-14,17,19H,6-9,15-16,18H2,(H,26,29);1H4. The molecule has 2 fully saturated rings. The fourth-order valence-electron chi connectivity index (χ4n) is 5.32. The Kier molecular flexibility index (Phi) is 5.76. The summed E-state index contributed by atoms with van der Waals surface area (Å²) in [6, 6.07) is 16.2. The summed E-state index contributed by atoms with van der Waals surface area (Å²) < 4.78 is 1.88. The summed E-state index contributed by atoms with van der Waals surface area (Å²) >= 11 is 0. The van der Waals surface area contributed by atoms with Crippen LogP contribution < -0.4 is 5.32 Å². The predicted molar refractivity (Wildman–Crippen MR) is 123 cm³/mol. The van der Waals surface area contributed by atoms with Gasteiger partial charge in [-0.2, -0.15) is 5.10 Å². The first-order valence-corrected chi connectivity index (χ1v) is 10.8. The first-order valence-electron chi connectivity index (χ1n) is 10.8. The third-order valence-corrected chi connectivity index (χ3v) is 6.63. The Hall–Kier alpha value is -2.88. The number of amides is 1. The Morgan fingerprint density at radius 1 is 1.07 bits per heavy atom. The molecular weight excluding hydrogens is 370 g/mol. The van der Waals surface area contributed by atoms with Crippen LogP contribution in [0.3, 0.4) is 0 Å². The first-order chi connectivity index (χ1) is 14.2. The molecule has 0 spiro atoms. The van der Waals surface area contributed by atoms with Gasteiger partial charge >= 0.3 is 0 Å². The van der Waals surface area contributed by atoms with Gasteiger partial charge in [-0.05, 0) is 43.4 Å². The summed E-state index contributed by atoms with van der Waals surface area (Å²) in [5, 5.41) is 8.14. The van der Waals surface area contributed by atoms with Crippen molar-refractivity contribution in [2.45, 2.75) is 57.9 Å². The molecule has 0 aliphatic heterocycles. The van der Waals surface area contributed by atoms with E-state index in [2.05, 4.69) is 17.4 Å². The van der Waals surface area contributed by atoms with Crippen molar-refractivity contribution in [3.8, 4) is 11.3 Å². The second kappa shape index (κ2) is 8.47. The van der Waals surface area contributed by atoms with Crippen molar-refractivity contribution >= 4 is 17.5 Å². The fourth-order valence-corrected chi connectivity index (χ4v) is 5.32. The normalized spacial score (nSPS) is 23.3. The van der Waals surface area contributed by atoms with Crippen molar-refractivity contribution in [3.63, 3.8) is 0 Å². The van der Waals surface area contributed by atoms with Crippen molar-refractivity contribution in [1.29, 1.82) is 0 Å². The van der Waals surface area contributed by atoms with Crippen molar-refractivity contribution in [2.75, 3.05) is 0 Å². The quantitative estimate of drug-likeness (QED) is 0.555. The Bertz CT molecular complexity index is 1040. The predicted octanol–water partition coefficient (Wildman–Crippen LogP) is 5.88. The molecule has 0 radical (unpaired) electrons. The van der Waals surface area contributed by atoms with Gasteiger partial charge in [-0.25, -0.2) is 4.52 Å². The maximum atomic E-state index is 12.9. The zero-order valence-corrected chi connectivity index (χ0v) is 16.7. The van der Waals surface area contributed by atoms with Crippen LogP contribution in [-0.2, 0) is 4.79 Å². The second-order valence-electron chi connectivity index (χ2n) is 8.62. The van der Waals surface area contributed by atoms with Gasteiger partial charge < -0.3 is 5.32 Å². The number of carbonyl (C=O) groups excluding carboxylic acids is 1. The maximum absolute atomic E-state index is 12.9. The Morgan fingerprint density at radius 3 is 2.57 bits per heavy atom. The Morgan fingerprint density at radius 2 is 1.80 bits per heavy atom. The van der Waals surface area contributed by atoms with E-state index in [1.54, 1.807) is 6.08 Å². The molecule has 2 aromatic heterocycles. The molecule has 1 aromatic carbocycles. The van der Waals surface area contributed by atoms with Gasteiger partial charge in [0.15, 0.2) is 0 Å². The highest BCUT2D eigenvalue weighted by Gasteiger charge is 2.39. The highest BCUT2D eigenvalue weighted by atomic mass is 16.1. The molecule has 1 N–H and O–H groups in total. The number of carbonyl (C=O) groups is 1. The molecule has 2 aliphatic rings. The van der Waals surface area contributed by atoms with E-state index in [0.717, 1.165) is 47.5 Å². The highest BCUT2D eigenvalue weighted by Crippen LogP contribution is 2.42. The molecule has 3 aromatic rings. The van der Waals surface area contributed by atoms with Crippen LogP contribution in [0.4, 0.5) is 0 Å². The van der Waals surface area contributed by atoms with Crippen LogP contribution >= 0.6 is 0 Å². The van der Waals surface area contributed by atoms with Crippen LogP contribution in [0.2, 0.25) is 0 Å². The van der Waals surface area contributed by atoms with Crippen LogP contribution in [0.15, 0.2) is 60.8 Å². The van der Waals surface area contributed by atoms with Gasteiger partial charge in [-0.1, -0.05) is 69.5 Å².